The zero-order valence-electron chi connectivity index (χ0n) is 12.8. The van der Waals surface area contributed by atoms with Crippen molar-refractivity contribution in [2.45, 2.75) is 0 Å². The van der Waals surface area contributed by atoms with Crippen molar-refractivity contribution in [2.75, 3.05) is 13.9 Å². The molecule has 2 aromatic carbocycles. The van der Waals surface area contributed by atoms with Gasteiger partial charge >= 0.3 is 5.97 Å². The van der Waals surface area contributed by atoms with Gasteiger partial charge in [0.15, 0.2) is 11.5 Å². The fraction of sp³-hybridized carbons (Fsp3) is 0.111. The Kier molecular flexibility index (Phi) is 3.23. The Morgan fingerprint density at radius 2 is 1.92 bits per heavy atom. The van der Waals surface area contributed by atoms with Gasteiger partial charge in [-0.3, -0.25) is 4.79 Å². The summed E-state index contributed by atoms with van der Waals surface area (Å²) in [7, 11) is 1.25. The molecule has 2 heterocycles. The quantitative estimate of drug-likeness (QED) is 0.734. The van der Waals surface area contributed by atoms with Gasteiger partial charge in [0, 0.05) is 16.5 Å². The molecule has 1 N–H and O–H groups in total. The van der Waals surface area contributed by atoms with E-state index >= 15 is 0 Å². The summed E-state index contributed by atoms with van der Waals surface area (Å²) in [6, 6.07) is 12.6. The highest BCUT2D eigenvalue weighted by molar-refractivity contribution is 6.06. The topological polar surface area (TPSA) is 77.6 Å². The second-order valence-corrected chi connectivity index (χ2v) is 5.31. The van der Waals surface area contributed by atoms with Crippen molar-refractivity contribution >= 4 is 16.9 Å². The van der Waals surface area contributed by atoms with Gasteiger partial charge in [-0.05, 0) is 23.8 Å². The number of benzene rings is 2. The van der Waals surface area contributed by atoms with Crippen LogP contribution in [0.4, 0.5) is 0 Å². The molecule has 0 atom stereocenters. The number of esters is 1. The monoisotopic (exact) mass is 323 g/mol. The number of nitrogens with one attached hydrogen (secondary N) is 1. The zero-order valence-corrected chi connectivity index (χ0v) is 12.8. The number of pyridine rings is 1. The number of H-pyrrole nitrogens is 1. The van der Waals surface area contributed by atoms with Gasteiger partial charge in [0.25, 0.3) is 5.56 Å². The molecule has 0 fully saturated rings. The van der Waals surface area contributed by atoms with Crippen LogP contribution in [0.3, 0.4) is 0 Å². The third kappa shape index (κ3) is 2.11. The molecule has 0 saturated heterocycles. The number of hydrogen-bond acceptors (Lipinski definition) is 5. The molecule has 1 aliphatic heterocycles. The van der Waals surface area contributed by atoms with Gasteiger partial charge in [-0.15, -0.1) is 0 Å². The van der Waals surface area contributed by atoms with Crippen LogP contribution in [-0.4, -0.2) is 24.9 Å². The highest BCUT2D eigenvalue weighted by atomic mass is 16.7. The maximum Gasteiger partial charge on any atom is 0.344 e. The predicted molar refractivity (Wildman–Crippen MR) is 87.5 cm³/mol. The summed E-state index contributed by atoms with van der Waals surface area (Å²) in [5.41, 5.74) is 1.31. The van der Waals surface area contributed by atoms with Gasteiger partial charge in [-0.2, -0.15) is 0 Å². The molecule has 0 bridgehead atoms. The summed E-state index contributed by atoms with van der Waals surface area (Å²) in [4.78, 5) is 27.4. The van der Waals surface area contributed by atoms with Crippen molar-refractivity contribution in [1.29, 1.82) is 0 Å². The third-order valence-electron chi connectivity index (χ3n) is 3.97. The number of fused-ring (bicyclic) bond motifs is 2. The van der Waals surface area contributed by atoms with E-state index in [1.807, 2.05) is 18.2 Å². The van der Waals surface area contributed by atoms with Gasteiger partial charge in [0.2, 0.25) is 6.79 Å². The molecule has 6 heteroatoms. The number of methoxy groups -OCH3 is 1. The second kappa shape index (κ2) is 5.42. The minimum absolute atomic E-state index is 0.0323. The molecule has 120 valence electrons. The number of para-hydroxylation sites is 1. The van der Waals surface area contributed by atoms with E-state index in [0.29, 0.717) is 28.1 Å². The number of rotatable bonds is 2. The van der Waals surface area contributed by atoms with E-state index in [2.05, 4.69) is 4.98 Å². The molecule has 0 unspecified atom stereocenters. The molecular formula is C18H13NO5. The van der Waals surface area contributed by atoms with Crippen LogP contribution < -0.4 is 15.0 Å². The van der Waals surface area contributed by atoms with Crippen molar-refractivity contribution in [1.82, 2.24) is 4.98 Å². The maximum atomic E-state index is 12.4. The zero-order chi connectivity index (χ0) is 16.7. The average molecular weight is 323 g/mol. The van der Waals surface area contributed by atoms with Crippen LogP contribution >= 0.6 is 0 Å². The minimum Gasteiger partial charge on any atom is -0.465 e. The van der Waals surface area contributed by atoms with Crippen LogP contribution in [0.25, 0.3) is 22.0 Å². The predicted octanol–water partition coefficient (Wildman–Crippen LogP) is 2.71. The Bertz CT molecular complexity index is 1020. The molecule has 0 amide bonds. The van der Waals surface area contributed by atoms with Crippen LogP contribution in [-0.2, 0) is 4.74 Å². The SMILES string of the molecule is COC(=O)c1c(-c2ccc3c(c2)OCO3)c2ccccc2[nH]c1=O. The van der Waals surface area contributed by atoms with Gasteiger partial charge < -0.3 is 19.2 Å². The first kappa shape index (κ1) is 14.3. The summed E-state index contributed by atoms with van der Waals surface area (Å²) in [5.74, 6) is 0.523. The smallest absolute Gasteiger partial charge is 0.344 e. The van der Waals surface area contributed by atoms with Crippen LogP contribution in [0.15, 0.2) is 47.3 Å². The molecule has 0 spiro atoms. The van der Waals surface area contributed by atoms with E-state index in [9.17, 15) is 9.59 Å². The summed E-state index contributed by atoms with van der Waals surface area (Å²) in [5, 5.41) is 0.747. The van der Waals surface area contributed by atoms with Crippen molar-refractivity contribution in [3.8, 4) is 22.6 Å². The summed E-state index contributed by atoms with van der Waals surface area (Å²) < 4.78 is 15.5. The Morgan fingerprint density at radius 1 is 1.12 bits per heavy atom. The molecule has 1 aromatic heterocycles. The Morgan fingerprint density at radius 3 is 2.75 bits per heavy atom. The maximum absolute atomic E-state index is 12.4. The number of carbonyl (C=O) groups is 1. The highest BCUT2D eigenvalue weighted by Crippen LogP contribution is 2.38. The summed E-state index contributed by atoms with van der Waals surface area (Å²) >= 11 is 0. The second-order valence-electron chi connectivity index (χ2n) is 5.31. The number of aromatic amines is 1. The third-order valence-corrected chi connectivity index (χ3v) is 3.97. The lowest BCUT2D eigenvalue weighted by Gasteiger charge is -2.12. The van der Waals surface area contributed by atoms with Crippen LogP contribution in [0.1, 0.15) is 10.4 Å². The Balaban J connectivity index is 2.09. The van der Waals surface area contributed by atoms with Crippen LogP contribution in [0.5, 0.6) is 11.5 Å². The molecule has 3 aromatic rings. The minimum atomic E-state index is -0.685. The Labute approximate surface area is 136 Å². The van der Waals surface area contributed by atoms with Gasteiger partial charge in [-0.1, -0.05) is 24.3 Å². The average Bonchev–Trinajstić information content (AvgIpc) is 3.07. The lowest BCUT2D eigenvalue weighted by atomic mass is 9.96. The van der Waals surface area contributed by atoms with E-state index in [-0.39, 0.29) is 12.4 Å². The van der Waals surface area contributed by atoms with E-state index in [4.69, 9.17) is 14.2 Å². The lowest BCUT2D eigenvalue weighted by Crippen LogP contribution is -2.20. The number of ether oxygens (including phenoxy) is 3. The first-order valence-corrected chi connectivity index (χ1v) is 7.32. The Hall–Kier alpha value is -3.28. The van der Waals surface area contributed by atoms with E-state index in [1.165, 1.54) is 7.11 Å². The standard InChI is InChI=1S/C18H13NO5/c1-22-18(21)16-15(10-6-7-13-14(8-10)24-9-23-13)11-4-2-3-5-12(11)19-17(16)20/h2-8H,9H2,1H3,(H,19,20). The molecule has 0 aliphatic carbocycles. The van der Waals surface area contributed by atoms with E-state index in [0.717, 1.165) is 5.39 Å². The van der Waals surface area contributed by atoms with Crippen molar-refractivity contribution < 1.29 is 19.0 Å². The first-order chi connectivity index (χ1) is 11.7. The van der Waals surface area contributed by atoms with Crippen molar-refractivity contribution in [2.24, 2.45) is 0 Å². The fourth-order valence-corrected chi connectivity index (χ4v) is 2.89. The van der Waals surface area contributed by atoms with Gasteiger partial charge in [0.1, 0.15) is 5.56 Å². The number of hydrogen-bond donors (Lipinski definition) is 1. The van der Waals surface area contributed by atoms with Gasteiger partial charge in [0.05, 0.1) is 7.11 Å². The summed E-state index contributed by atoms with van der Waals surface area (Å²) in [6.45, 7) is 0.152. The normalized spacial score (nSPS) is 12.4. The fourth-order valence-electron chi connectivity index (χ4n) is 2.89. The molecular weight excluding hydrogens is 310 g/mol. The highest BCUT2D eigenvalue weighted by Gasteiger charge is 2.23. The largest absolute Gasteiger partial charge is 0.465 e. The molecule has 0 saturated carbocycles. The first-order valence-electron chi connectivity index (χ1n) is 7.32. The number of aromatic nitrogens is 1. The van der Waals surface area contributed by atoms with Crippen LogP contribution in [0.2, 0.25) is 0 Å². The van der Waals surface area contributed by atoms with E-state index in [1.54, 1.807) is 24.3 Å². The van der Waals surface area contributed by atoms with Gasteiger partial charge in [-0.25, -0.2) is 4.79 Å². The molecule has 6 nitrogen and oxygen atoms in total. The molecule has 0 radical (unpaired) electrons. The van der Waals surface area contributed by atoms with Crippen molar-refractivity contribution in [3.63, 3.8) is 0 Å². The van der Waals surface area contributed by atoms with Crippen LogP contribution in [0, 0.1) is 0 Å². The molecule has 24 heavy (non-hydrogen) atoms. The number of carbonyl (C=O) groups excluding carboxylic acids is 1. The van der Waals surface area contributed by atoms with E-state index < -0.39 is 11.5 Å². The lowest BCUT2D eigenvalue weighted by molar-refractivity contribution is 0.0600. The molecule has 1 aliphatic rings. The summed E-state index contributed by atoms with van der Waals surface area (Å²) in [6.07, 6.45) is 0. The van der Waals surface area contributed by atoms with Crippen molar-refractivity contribution in [3.05, 3.63) is 58.4 Å². The molecule has 4 rings (SSSR count).